The normalized spacial score (nSPS) is 39.3. The molecule has 57 heavy (non-hydrogen) atoms. The lowest BCUT2D eigenvalue weighted by atomic mass is 9.60. The summed E-state index contributed by atoms with van der Waals surface area (Å²) < 4.78 is 38.0. The molecule has 3 heterocycles. The number of rotatable bonds is 9. The van der Waals surface area contributed by atoms with Gasteiger partial charge in [0.2, 0.25) is 0 Å². The fraction of sp³-hybridized carbons (Fsp3) is 0.717. The van der Waals surface area contributed by atoms with Crippen molar-refractivity contribution in [1.29, 1.82) is 0 Å². The van der Waals surface area contributed by atoms with Gasteiger partial charge in [-0.15, -0.1) is 0 Å². The first-order valence-corrected chi connectivity index (χ1v) is 20.7. The number of esters is 1. The maximum Gasteiger partial charge on any atom is 0.311 e. The first-order chi connectivity index (χ1) is 26.5. The number of aliphatic hydroxyl groups is 2. The summed E-state index contributed by atoms with van der Waals surface area (Å²) in [5.41, 5.74) is -2.17. The zero-order valence-corrected chi connectivity index (χ0v) is 36.9. The van der Waals surface area contributed by atoms with E-state index >= 15 is 0 Å². The molecule has 1 aromatic heterocycles. The molecule has 2 aliphatic heterocycles. The van der Waals surface area contributed by atoms with Crippen molar-refractivity contribution in [3.8, 4) is 0 Å². The van der Waals surface area contributed by atoms with Gasteiger partial charge in [0.25, 0.3) is 0 Å². The van der Waals surface area contributed by atoms with Crippen LogP contribution in [-0.4, -0.2) is 101 Å². The van der Waals surface area contributed by atoms with E-state index in [2.05, 4.69) is 32.7 Å². The van der Waals surface area contributed by atoms with Crippen LogP contribution >= 0.6 is 0 Å². The van der Waals surface area contributed by atoms with Gasteiger partial charge in [0, 0.05) is 44.1 Å². The lowest BCUT2D eigenvalue weighted by Gasteiger charge is -2.52. The molecule has 2 N–H and O–H groups in total. The molecule has 2 unspecified atom stereocenters. The van der Waals surface area contributed by atoms with Crippen molar-refractivity contribution < 1.29 is 48.2 Å². The largest absolute Gasteiger partial charge is 0.459 e. The molecule has 0 amide bonds. The van der Waals surface area contributed by atoms with Crippen molar-refractivity contribution in [3.05, 3.63) is 48.2 Å². The van der Waals surface area contributed by atoms with Crippen molar-refractivity contribution in [2.45, 2.75) is 156 Å². The number of aromatic nitrogens is 1. The number of ether oxygens (including phenoxy) is 6. The van der Waals surface area contributed by atoms with Crippen molar-refractivity contribution in [3.63, 3.8) is 0 Å². The SMILES string of the molecule is CC[C@H]1OC(=O)[C@H](C)[C@@H](O[C@H]2C[C@@](C)(OC)[C@@H](O)[C@H](C)O2)[C@H](C)C(C(C)(C)C)[C@](C)(OC)C[C@@H](C)C(=O)[C@H](C)C(OC/C=C/c2cnc3ccccc3c2)[C@]1(C)O. The summed E-state index contributed by atoms with van der Waals surface area (Å²) in [4.78, 5) is 33.6. The Morgan fingerprint density at radius 2 is 1.61 bits per heavy atom. The molecular formula is C46H71NO10. The number of hydrogen-bond donors (Lipinski definition) is 2. The van der Waals surface area contributed by atoms with Crippen LogP contribution in [0.4, 0.5) is 0 Å². The molecule has 2 aromatic rings. The first kappa shape index (κ1) is 46.9. The predicted octanol–water partition coefficient (Wildman–Crippen LogP) is 7.58. The molecule has 11 heteroatoms. The molecular weight excluding hydrogens is 727 g/mol. The van der Waals surface area contributed by atoms with E-state index in [9.17, 15) is 19.8 Å². The minimum absolute atomic E-state index is 0.0879. The van der Waals surface area contributed by atoms with Crippen molar-refractivity contribution in [1.82, 2.24) is 4.98 Å². The number of cyclic esters (lactones) is 1. The van der Waals surface area contributed by atoms with Crippen LogP contribution in [0, 0.1) is 35.0 Å². The third kappa shape index (κ3) is 10.3. The Morgan fingerprint density at radius 1 is 0.965 bits per heavy atom. The average Bonchev–Trinajstić information content (AvgIpc) is 3.15. The van der Waals surface area contributed by atoms with E-state index in [1.807, 2.05) is 70.2 Å². The number of methoxy groups -OCH3 is 2. The number of pyridine rings is 1. The molecule has 1 aromatic carbocycles. The van der Waals surface area contributed by atoms with E-state index < -0.39 is 77.3 Å². The number of aliphatic hydroxyl groups excluding tert-OH is 1. The van der Waals surface area contributed by atoms with Gasteiger partial charge in [-0.3, -0.25) is 14.6 Å². The first-order valence-electron chi connectivity index (χ1n) is 20.7. The predicted molar refractivity (Wildman–Crippen MR) is 221 cm³/mol. The van der Waals surface area contributed by atoms with Crippen LogP contribution in [-0.2, 0) is 38.0 Å². The minimum atomic E-state index is -1.76. The standard InChI is InChI=1S/C46H71NO10/c1-15-35-46(12,51)41(54-22-18-19-32-23-33-20-16-17-21-34(33)47-26-32)28(3)37(48)27(2)24-44(10,52-13)39(43(7,8)9)29(4)38(30(5)42(50)56-35)57-36-25-45(11,53-14)40(49)31(6)55-36/h16-21,23,26-31,35-36,38-41,49,51H,15,22,24-25H2,1-14H3/b19-18+/t27-,28+,29+,30-,31+,35-,36+,38+,39?,40+,41?,44-,45-,46-/m1/s1. The number of para-hydroxylation sites is 1. The van der Waals surface area contributed by atoms with E-state index in [4.69, 9.17) is 28.4 Å². The molecule has 14 atom stereocenters. The molecule has 2 saturated heterocycles. The number of fused-ring (bicyclic) bond motifs is 1. The van der Waals surface area contributed by atoms with E-state index in [1.54, 1.807) is 48.1 Å². The van der Waals surface area contributed by atoms with Gasteiger partial charge in [0.1, 0.15) is 23.6 Å². The number of nitrogens with zero attached hydrogens (tertiary/aromatic N) is 1. The molecule has 11 nitrogen and oxygen atoms in total. The molecule has 320 valence electrons. The topological polar surface area (TPSA) is 143 Å². The van der Waals surface area contributed by atoms with E-state index in [0.717, 1.165) is 16.5 Å². The van der Waals surface area contributed by atoms with Crippen molar-refractivity contribution >= 4 is 28.7 Å². The number of Topliss-reactive ketones (excluding diaryl/α,β-unsaturated/α-hetero) is 1. The minimum Gasteiger partial charge on any atom is -0.459 e. The Kier molecular flexibility index (Phi) is 15.4. The van der Waals surface area contributed by atoms with E-state index in [1.165, 1.54) is 0 Å². The second kappa shape index (κ2) is 18.7. The lowest BCUT2D eigenvalue weighted by Crippen LogP contribution is -2.59. The van der Waals surface area contributed by atoms with Crippen LogP contribution in [0.1, 0.15) is 108 Å². The molecule has 2 aliphatic rings. The number of ketones is 1. The van der Waals surface area contributed by atoms with E-state index in [-0.39, 0.29) is 42.5 Å². The second-order valence-electron chi connectivity index (χ2n) is 18.5. The molecule has 0 aliphatic carbocycles. The van der Waals surface area contributed by atoms with Crippen molar-refractivity contribution in [2.75, 3.05) is 20.8 Å². The summed E-state index contributed by atoms with van der Waals surface area (Å²) in [6.07, 6.45) is 1.27. The molecule has 0 saturated carbocycles. The van der Waals surface area contributed by atoms with Gasteiger partial charge in [-0.25, -0.2) is 0 Å². The quantitative estimate of drug-likeness (QED) is 0.243. The molecule has 0 radical (unpaired) electrons. The Bertz CT molecular complexity index is 1690. The van der Waals surface area contributed by atoms with Crippen LogP contribution in [0.5, 0.6) is 0 Å². The number of carbonyl (C=O) groups is 2. The average molecular weight is 798 g/mol. The zero-order valence-electron chi connectivity index (χ0n) is 36.9. The highest BCUT2D eigenvalue weighted by Crippen LogP contribution is 2.49. The van der Waals surface area contributed by atoms with Crippen LogP contribution in [0.2, 0.25) is 0 Å². The van der Waals surface area contributed by atoms with Gasteiger partial charge in [-0.05, 0) is 82.4 Å². The summed E-state index contributed by atoms with van der Waals surface area (Å²) in [6.45, 7) is 23.1. The summed E-state index contributed by atoms with van der Waals surface area (Å²) >= 11 is 0. The highest BCUT2D eigenvalue weighted by Gasteiger charge is 2.54. The Balaban J connectivity index is 1.76. The summed E-state index contributed by atoms with van der Waals surface area (Å²) in [5, 5.41) is 24.4. The van der Waals surface area contributed by atoms with E-state index in [0.29, 0.717) is 6.42 Å². The maximum atomic E-state index is 14.6. The van der Waals surface area contributed by atoms with Crippen LogP contribution in [0.3, 0.4) is 0 Å². The highest BCUT2D eigenvalue weighted by molar-refractivity contribution is 5.84. The smallest absolute Gasteiger partial charge is 0.311 e. The van der Waals surface area contributed by atoms with Crippen LogP contribution in [0.15, 0.2) is 42.6 Å². The highest BCUT2D eigenvalue weighted by atomic mass is 16.7. The monoisotopic (exact) mass is 798 g/mol. The summed E-state index contributed by atoms with van der Waals surface area (Å²) in [7, 11) is 3.22. The molecule has 4 rings (SSSR count). The van der Waals surface area contributed by atoms with Gasteiger partial charge in [-0.2, -0.15) is 0 Å². The van der Waals surface area contributed by atoms with Gasteiger partial charge >= 0.3 is 5.97 Å². The Labute approximate surface area is 341 Å². The molecule has 0 bridgehead atoms. The fourth-order valence-electron chi connectivity index (χ4n) is 10.1. The van der Waals surface area contributed by atoms with Crippen molar-refractivity contribution in [2.24, 2.45) is 35.0 Å². The lowest BCUT2D eigenvalue weighted by molar-refractivity contribution is -0.300. The Morgan fingerprint density at radius 3 is 2.23 bits per heavy atom. The zero-order chi connectivity index (χ0) is 42.7. The maximum absolute atomic E-state index is 14.6. The van der Waals surface area contributed by atoms with Crippen LogP contribution < -0.4 is 0 Å². The third-order valence-electron chi connectivity index (χ3n) is 13.0. The number of carbonyl (C=O) groups excluding carboxylic acids is 2. The van der Waals surface area contributed by atoms with Gasteiger partial charge < -0.3 is 38.6 Å². The second-order valence-corrected chi connectivity index (χ2v) is 18.5. The van der Waals surface area contributed by atoms with Gasteiger partial charge in [0.05, 0.1) is 47.6 Å². The fourth-order valence-corrected chi connectivity index (χ4v) is 10.1. The van der Waals surface area contributed by atoms with Gasteiger partial charge in [-0.1, -0.05) is 78.8 Å². The molecule has 0 spiro atoms. The van der Waals surface area contributed by atoms with Crippen LogP contribution in [0.25, 0.3) is 17.0 Å². The number of benzene rings is 1. The summed E-state index contributed by atoms with van der Waals surface area (Å²) in [6, 6.07) is 9.91. The third-order valence-corrected chi connectivity index (χ3v) is 13.0. The number of hydrogen-bond acceptors (Lipinski definition) is 11. The van der Waals surface area contributed by atoms with Gasteiger partial charge in [0.15, 0.2) is 6.29 Å². The Hall–Kier alpha value is -2.77. The summed E-state index contributed by atoms with van der Waals surface area (Å²) in [5.74, 6) is -3.30. The molecule has 2 fully saturated rings.